The largest absolute Gasteiger partial charge is 0.456 e. The molecule has 5 aromatic carbocycles. The first-order valence-corrected chi connectivity index (χ1v) is 13.2. The molecule has 0 N–H and O–H groups in total. The van der Waals surface area contributed by atoms with Gasteiger partial charge < -0.3 is 8.98 Å². The van der Waals surface area contributed by atoms with Crippen molar-refractivity contribution < 1.29 is 4.42 Å². The fraction of sp³-hybridized carbons (Fsp3) is 0. The molecule has 0 unspecified atom stereocenters. The van der Waals surface area contributed by atoms with Crippen molar-refractivity contribution in [2.75, 3.05) is 0 Å². The summed E-state index contributed by atoms with van der Waals surface area (Å²) < 4.78 is 8.36. The summed E-state index contributed by atoms with van der Waals surface area (Å²) in [4.78, 5) is 4.60. The molecule has 0 aliphatic rings. The standard InChI is InChI=1S/C36H21N3O/c37-22-30-25(31-12-7-8-20-38-31)18-17-24(23-16-19-35-29(21-23)28-11-3-6-15-34(28)40-35)36(30)39-32-13-4-1-9-26(32)27-10-2-5-14-33(27)39/h1-21H. The van der Waals surface area contributed by atoms with Crippen molar-refractivity contribution in [2.24, 2.45) is 0 Å². The first-order chi connectivity index (χ1) is 19.8. The van der Waals surface area contributed by atoms with Crippen molar-refractivity contribution in [1.82, 2.24) is 9.55 Å². The number of nitrogens with zero attached hydrogens (tertiary/aromatic N) is 3. The van der Waals surface area contributed by atoms with E-state index in [0.29, 0.717) is 5.56 Å². The first kappa shape index (κ1) is 22.3. The first-order valence-electron chi connectivity index (χ1n) is 13.2. The van der Waals surface area contributed by atoms with E-state index in [-0.39, 0.29) is 0 Å². The van der Waals surface area contributed by atoms with E-state index in [9.17, 15) is 5.26 Å². The van der Waals surface area contributed by atoms with Gasteiger partial charge in [0.2, 0.25) is 0 Å². The van der Waals surface area contributed by atoms with E-state index in [1.54, 1.807) is 6.20 Å². The van der Waals surface area contributed by atoms with Gasteiger partial charge in [-0.05, 0) is 48.0 Å². The van der Waals surface area contributed by atoms with Crippen LogP contribution >= 0.6 is 0 Å². The number of hydrogen-bond donors (Lipinski definition) is 0. The number of furan rings is 1. The Hall–Kier alpha value is -5.66. The zero-order chi connectivity index (χ0) is 26.6. The average molecular weight is 512 g/mol. The zero-order valence-electron chi connectivity index (χ0n) is 21.4. The lowest BCUT2D eigenvalue weighted by molar-refractivity contribution is 0.669. The van der Waals surface area contributed by atoms with Gasteiger partial charge in [0.1, 0.15) is 17.2 Å². The Kier molecular flexibility index (Phi) is 4.85. The van der Waals surface area contributed by atoms with E-state index < -0.39 is 0 Å². The van der Waals surface area contributed by atoms with E-state index in [2.05, 4.69) is 88.4 Å². The Balaban J connectivity index is 1.52. The van der Waals surface area contributed by atoms with Crippen LogP contribution in [0.1, 0.15) is 5.56 Å². The summed E-state index contributed by atoms with van der Waals surface area (Å²) in [5.74, 6) is 0. The lowest BCUT2D eigenvalue weighted by Gasteiger charge is -2.18. The molecule has 3 aromatic heterocycles. The Morgan fingerprint density at radius 2 is 1.25 bits per heavy atom. The lowest BCUT2D eigenvalue weighted by Crippen LogP contribution is -2.03. The SMILES string of the molecule is N#Cc1c(-c2ccccn2)ccc(-c2ccc3oc4ccccc4c3c2)c1-n1c2ccccc2c2ccccc21. The fourth-order valence-electron chi connectivity index (χ4n) is 5.96. The molecule has 4 nitrogen and oxygen atoms in total. The molecule has 3 heterocycles. The van der Waals surface area contributed by atoms with Gasteiger partial charge in [-0.15, -0.1) is 0 Å². The zero-order valence-corrected chi connectivity index (χ0v) is 21.4. The van der Waals surface area contributed by atoms with Gasteiger partial charge in [-0.25, -0.2) is 0 Å². The highest BCUT2D eigenvalue weighted by Crippen LogP contribution is 2.42. The molecule has 40 heavy (non-hydrogen) atoms. The van der Waals surface area contributed by atoms with E-state index in [4.69, 9.17) is 4.42 Å². The van der Waals surface area contributed by atoms with Crippen molar-refractivity contribution in [3.8, 4) is 34.1 Å². The van der Waals surface area contributed by atoms with Crippen molar-refractivity contribution in [1.29, 1.82) is 5.26 Å². The minimum Gasteiger partial charge on any atom is -0.456 e. The molecule has 0 bridgehead atoms. The number of rotatable bonds is 3. The summed E-state index contributed by atoms with van der Waals surface area (Å²) in [6.07, 6.45) is 1.77. The Morgan fingerprint density at radius 3 is 1.98 bits per heavy atom. The molecule has 0 saturated carbocycles. The highest BCUT2D eigenvalue weighted by molar-refractivity contribution is 6.11. The van der Waals surface area contributed by atoms with E-state index in [1.165, 1.54) is 0 Å². The van der Waals surface area contributed by atoms with Crippen LogP contribution in [0.2, 0.25) is 0 Å². The number of hydrogen-bond acceptors (Lipinski definition) is 3. The van der Waals surface area contributed by atoms with Gasteiger partial charge in [0.25, 0.3) is 0 Å². The number of benzene rings is 5. The van der Waals surface area contributed by atoms with Crippen LogP contribution < -0.4 is 0 Å². The summed E-state index contributed by atoms with van der Waals surface area (Å²) in [5.41, 5.74) is 8.78. The third-order valence-corrected chi connectivity index (χ3v) is 7.72. The van der Waals surface area contributed by atoms with Crippen LogP contribution in [-0.2, 0) is 0 Å². The van der Waals surface area contributed by atoms with Crippen LogP contribution in [0.4, 0.5) is 0 Å². The van der Waals surface area contributed by atoms with Gasteiger partial charge in [-0.2, -0.15) is 5.26 Å². The van der Waals surface area contributed by atoms with Crippen molar-refractivity contribution >= 4 is 43.7 Å². The second kappa shape index (κ2) is 8.69. The van der Waals surface area contributed by atoms with Crippen LogP contribution in [-0.4, -0.2) is 9.55 Å². The maximum absolute atomic E-state index is 10.7. The molecular weight excluding hydrogens is 490 g/mol. The van der Waals surface area contributed by atoms with Crippen LogP contribution in [0.5, 0.6) is 0 Å². The highest BCUT2D eigenvalue weighted by Gasteiger charge is 2.22. The van der Waals surface area contributed by atoms with Crippen molar-refractivity contribution in [3.63, 3.8) is 0 Å². The van der Waals surface area contributed by atoms with Crippen molar-refractivity contribution in [3.05, 3.63) is 133 Å². The minimum atomic E-state index is 0.583. The van der Waals surface area contributed by atoms with Gasteiger partial charge in [0.15, 0.2) is 0 Å². The summed E-state index contributed by atoms with van der Waals surface area (Å²) >= 11 is 0. The summed E-state index contributed by atoms with van der Waals surface area (Å²) in [6, 6.07) is 43.7. The van der Waals surface area contributed by atoms with Gasteiger partial charge in [-0.3, -0.25) is 4.98 Å². The van der Waals surface area contributed by atoms with E-state index in [0.717, 1.165) is 71.8 Å². The number of fused-ring (bicyclic) bond motifs is 6. The Morgan fingerprint density at radius 1 is 0.600 bits per heavy atom. The maximum atomic E-state index is 10.7. The number of para-hydroxylation sites is 3. The molecule has 0 aliphatic carbocycles. The van der Waals surface area contributed by atoms with Crippen LogP contribution in [0, 0.1) is 11.3 Å². The molecule has 0 fully saturated rings. The second-order valence-corrected chi connectivity index (χ2v) is 9.89. The summed E-state index contributed by atoms with van der Waals surface area (Å²) in [6.45, 7) is 0. The van der Waals surface area contributed by atoms with Crippen molar-refractivity contribution in [2.45, 2.75) is 0 Å². The van der Waals surface area contributed by atoms with Gasteiger partial charge in [-0.1, -0.05) is 78.9 Å². The molecule has 0 aliphatic heterocycles. The number of aromatic nitrogens is 2. The fourth-order valence-corrected chi connectivity index (χ4v) is 5.96. The second-order valence-electron chi connectivity index (χ2n) is 9.89. The molecule has 0 spiro atoms. The van der Waals surface area contributed by atoms with E-state index in [1.807, 2.05) is 48.5 Å². The predicted octanol–water partition coefficient (Wildman–Crippen LogP) is 9.28. The molecule has 0 atom stereocenters. The third-order valence-electron chi connectivity index (χ3n) is 7.72. The van der Waals surface area contributed by atoms with E-state index >= 15 is 0 Å². The summed E-state index contributed by atoms with van der Waals surface area (Å²) in [5, 5.41) is 15.2. The van der Waals surface area contributed by atoms with Crippen LogP contribution in [0.25, 0.3) is 71.8 Å². The molecule has 186 valence electrons. The molecule has 4 heteroatoms. The Labute approximate surface area is 230 Å². The molecular formula is C36H21N3O. The predicted molar refractivity (Wildman–Crippen MR) is 161 cm³/mol. The monoisotopic (exact) mass is 511 g/mol. The molecule has 0 saturated heterocycles. The van der Waals surface area contributed by atoms with Gasteiger partial charge in [0, 0.05) is 38.9 Å². The highest BCUT2D eigenvalue weighted by atomic mass is 16.3. The number of nitriles is 1. The maximum Gasteiger partial charge on any atom is 0.135 e. The summed E-state index contributed by atoms with van der Waals surface area (Å²) in [7, 11) is 0. The smallest absolute Gasteiger partial charge is 0.135 e. The molecule has 0 amide bonds. The topological polar surface area (TPSA) is 54.8 Å². The van der Waals surface area contributed by atoms with Crippen LogP contribution in [0.15, 0.2) is 132 Å². The van der Waals surface area contributed by atoms with Gasteiger partial charge >= 0.3 is 0 Å². The molecule has 0 radical (unpaired) electrons. The number of pyridine rings is 1. The quantitative estimate of drug-likeness (QED) is 0.237. The minimum absolute atomic E-state index is 0.583. The lowest BCUT2D eigenvalue weighted by atomic mass is 9.93. The third kappa shape index (κ3) is 3.22. The average Bonchev–Trinajstić information content (AvgIpc) is 3.56. The Bertz CT molecular complexity index is 2230. The molecule has 8 aromatic rings. The normalized spacial score (nSPS) is 11.5. The van der Waals surface area contributed by atoms with Gasteiger partial charge in [0.05, 0.1) is 28.0 Å². The molecule has 8 rings (SSSR count). The van der Waals surface area contributed by atoms with Crippen LogP contribution in [0.3, 0.4) is 0 Å².